The average Bonchev–Trinajstić information content (AvgIpc) is 3.00. The fourth-order valence-corrected chi connectivity index (χ4v) is 2.68. The minimum Gasteiger partial charge on any atom is -0.378 e. The van der Waals surface area contributed by atoms with E-state index >= 15 is 0 Å². The predicted octanol–water partition coefficient (Wildman–Crippen LogP) is 2.23. The van der Waals surface area contributed by atoms with Gasteiger partial charge in [0.05, 0.1) is 18.9 Å². The number of hydrogen-bond donors (Lipinski definition) is 0. The van der Waals surface area contributed by atoms with Crippen molar-refractivity contribution in [3.05, 3.63) is 48.8 Å². The zero-order valence-electron chi connectivity index (χ0n) is 11.6. The summed E-state index contributed by atoms with van der Waals surface area (Å²) in [6.45, 7) is 3.25. The second-order valence-corrected chi connectivity index (χ2v) is 5.08. The monoisotopic (exact) mass is 280 g/mol. The van der Waals surface area contributed by atoms with Gasteiger partial charge in [0.15, 0.2) is 5.82 Å². The van der Waals surface area contributed by atoms with Crippen LogP contribution in [0.2, 0.25) is 0 Å². The lowest BCUT2D eigenvalue weighted by Gasteiger charge is -2.27. The third-order valence-corrected chi connectivity index (χ3v) is 3.75. The van der Waals surface area contributed by atoms with Crippen molar-refractivity contribution >= 4 is 11.3 Å². The van der Waals surface area contributed by atoms with E-state index in [4.69, 9.17) is 4.74 Å². The van der Waals surface area contributed by atoms with E-state index in [0.717, 1.165) is 48.9 Å². The Morgan fingerprint density at radius 1 is 1.05 bits per heavy atom. The summed E-state index contributed by atoms with van der Waals surface area (Å²) in [6.07, 6.45) is 3.70. The molecular formula is C16H16N4O. The van der Waals surface area contributed by atoms with Gasteiger partial charge in [-0.3, -0.25) is 0 Å². The zero-order chi connectivity index (χ0) is 14.1. The van der Waals surface area contributed by atoms with E-state index in [1.807, 2.05) is 28.9 Å². The molecule has 1 fully saturated rings. The largest absolute Gasteiger partial charge is 0.378 e. The molecule has 106 valence electrons. The highest BCUT2D eigenvalue weighted by Crippen LogP contribution is 2.25. The molecule has 1 aliphatic heterocycles. The van der Waals surface area contributed by atoms with E-state index in [9.17, 15) is 0 Å². The van der Waals surface area contributed by atoms with Crippen LogP contribution < -0.4 is 4.90 Å². The zero-order valence-corrected chi connectivity index (χ0v) is 11.6. The van der Waals surface area contributed by atoms with Crippen LogP contribution in [0.25, 0.3) is 16.8 Å². The van der Waals surface area contributed by atoms with E-state index < -0.39 is 0 Å². The highest BCUT2D eigenvalue weighted by atomic mass is 16.5. The molecule has 0 bridgehead atoms. The number of rotatable bonds is 2. The number of anilines is 1. The Hall–Kier alpha value is -2.40. The van der Waals surface area contributed by atoms with Crippen LogP contribution >= 0.6 is 0 Å². The maximum Gasteiger partial charge on any atom is 0.154 e. The normalized spacial score (nSPS) is 15.5. The molecule has 3 aromatic rings. The molecule has 0 saturated carbocycles. The summed E-state index contributed by atoms with van der Waals surface area (Å²) in [5.74, 6) is 0.982. The first-order valence-corrected chi connectivity index (χ1v) is 7.14. The molecule has 0 aliphatic carbocycles. The topological polar surface area (TPSA) is 42.7 Å². The third-order valence-electron chi connectivity index (χ3n) is 3.75. The Morgan fingerprint density at radius 3 is 2.67 bits per heavy atom. The lowest BCUT2D eigenvalue weighted by molar-refractivity contribution is 0.122. The van der Waals surface area contributed by atoms with Crippen LogP contribution in [0.15, 0.2) is 48.8 Å². The summed E-state index contributed by atoms with van der Waals surface area (Å²) in [6, 6.07) is 12.3. The Morgan fingerprint density at radius 2 is 1.86 bits per heavy atom. The number of ether oxygens (including phenoxy) is 1. The lowest BCUT2D eigenvalue weighted by atomic mass is 10.1. The van der Waals surface area contributed by atoms with Crippen LogP contribution in [0.1, 0.15) is 0 Å². The summed E-state index contributed by atoms with van der Waals surface area (Å²) < 4.78 is 7.32. The lowest BCUT2D eigenvalue weighted by Crippen LogP contribution is -2.37. The molecule has 0 radical (unpaired) electrons. The first kappa shape index (κ1) is 12.3. The maximum atomic E-state index is 5.42. The van der Waals surface area contributed by atoms with Crippen LogP contribution in [0.3, 0.4) is 0 Å². The SMILES string of the molecule is c1ccc(-c2cc3c(N4CCOCC4)nccn3n2)cc1. The highest BCUT2D eigenvalue weighted by Gasteiger charge is 2.17. The second kappa shape index (κ2) is 5.18. The Labute approximate surface area is 122 Å². The molecular weight excluding hydrogens is 264 g/mol. The van der Waals surface area contributed by atoms with Crippen molar-refractivity contribution in [2.75, 3.05) is 31.2 Å². The molecule has 2 aromatic heterocycles. The van der Waals surface area contributed by atoms with Gasteiger partial charge in [-0.15, -0.1) is 0 Å². The van der Waals surface area contributed by atoms with Gasteiger partial charge in [-0.05, 0) is 6.07 Å². The summed E-state index contributed by atoms with van der Waals surface area (Å²) in [5, 5.41) is 4.66. The fraction of sp³-hybridized carbons (Fsp3) is 0.250. The van der Waals surface area contributed by atoms with Gasteiger partial charge in [-0.25, -0.2) is 9.50 Å². The quantitative estimate of drug-likeness (QED) is 0.722. The van der Waals surface area contributed by atoms with Crippen molar-refractivity contribution in [1.82, 2.24) is 14.6 Å². The number of nitrogens with zero attached hydrogens (tertiary/aromatic N) is 4. The highest BCUT2D eigenvalue weighted by molar-refractivity contribution is 5.75. The van der Waals surface area contributed by atoms with Gasteiger partial charge in [0.2, 0.25) is 0 Å². The molecule has 3 heterocycles. The van der Waals surface area contributed by atoms with Crippen molar-refractivity contribution in [1.29, 1.82) is 0 Å². The van der Waals surface area contributed by atoms with Crippen LogP contribution in [0.5, 0.6) is 0 Å². The number of aromatic nitrogens is 3. The number of benzene rings is 1. The van der Waals surface area contributed by atoms with Gasteiger partial charge in [-0.1, -0.05) is 30.3 Å². The van der Waals surface area contributed by atoms with Gasteiger partial charge in [0, 0.05) is 31.0 Å². The first-order valence-electron chi connectivity index (χ1n) is 7.14. The molecule has 0 atom stereocenters. The van der Waals surface area contributed by atoms with Crippen LogP contribution in [-0.2, 0) is 4.74 Å². The van der Waals surface area contributed by atoms with E-state index in [0.29, 0.717) is 0 Å². The molecule has 0 unspecified atom stereocenters. The number of hydrogen-bond acceptors (Lipinski definition) is 4. The molecule has 4 rings (SSSR count). The molecule has 1 aromatic carbocycles. The van der Waals surface area contributed by atoms with Crippen molar-refractivity contribution in [2.45, 2.75) is 0 Å². The van der Waals surface area contributed by atoms with Gasteiger partial charge >= 0.3 is 0 Å². The van der Waals surface area contributed by atoms with Crippen molar-refractivity contribution in [3.8, 4) is 11.3 Å². The van der Waals surface area contributed by atoms with Crippen LogP contribution in [0, 0.1) is 0 Å². The Balaban J connectivity index is 1.80. The van der Waals surface area contributed by atoms with Crippen LogP contribution in [0.4, 0.5) is 5.82 Å². The van der Waals surface area contributed by atoms with Crippen molar-refractivity contribution < 1.29 is 4.74 Å². The van der Waals surface area contributed by atoms with Crippen molar-refractivity contribution in [3.63, 3.8) is 0 Å². The maximum absolute atomic E-state index is 5.42. The minimum atomic E-state index is 0.752. The van der Waals surface area contributed by atoms with Crippen molar-refractivity contribution in [2.24, 2.45) is 0 Å². The Kier molecular flexibility index (Phi) is 3.05. The van der Waals surface area contributed by atoms with Gasteiger partial charge in [-0.2, -0.15) is 5.10 Å². The smallest absolute Gasteiger partial charge is 0.154 e. The molecule has 5 nitrogen and oxygen atoms in total. The average molecular weight is 280 g/mol. The van der Waals surface area contributed by atoms with E-state index in [1.165, 1.54) is 0 Å². The van der Waals surface area contributed by atoms with E-state index in [2.05, 4.69) is 33.2 Å². The number of morpholine rings is 1. The van der Waals surface area contributed by atoms with Crippen LogP contribution in [-0.4, -0.2) is 40.9 Å². The summed E-state index contributed by atoms with van der Waals surface area (Å²) >= 11 is 0. The van der Waals surface area contributed by atoms with Gasteiger partial charge < -0.3 is 9.64 Å². The van der Waals surface area contributed by atoms with E-state index in [-0.39, 0.29) is 0 Å². The number of fused-ring (bicyclic) bond motifs is 1. The molecule has 0 spiro atoms. The molecule has 0 amide bonds. The second-order valence-electron chi connectivity index (χ2n) is 5.08. The first-order chi connectivity index (χ1) is 10.4. The Bertz CT molecular complexity index is 747. The molecule has 5 heteroatoms. The molecule has 1 aliphatic rings. The summed E-state index contributed by atoms with van der Waals surface area (Å²) in [5.41, 5.74) is 3.13. The third kappa shape index (κ3) is 2.25. The van der Waals surface area contributed by atoms with Gasteiger partial charge in [0.25, 0.3) is 0 Å². The summed E-state index contributed by atoms with van der Waals surface area (Å²) in [7, 11) is 0. The fourth-order valence-electron chi connectivity index (χ4n) is 2.68. The summed E-state index contributed by atoms with van der Waals surface area (Å²) in [4.78, 5) is 6.81. The van der Waals surface area contributed by atoms with Gasteiger partial charge in [0.1, 0.15) is 5.52 Å². The molecule has 21 heavy (non-hydrogen) atoms. The minimum absolute atomic E-state index is 0.752. The standard InChI is InChI=1S/C16H16N4O/c1-2-4-13(5-3-1)14-12-15-16(17-6-7-20(15)18-14)19-8-10-21-11-9-19/h1-7,12H,8-11H2. The predicted molar refractivity (Wildman–Crippen MR) is 81.5 cm³/mol. The molecule has 0 N–H and O–H groups in total. The van der Waals surface area contributed by atoms with E-state index in [1.54, 1.807) is 6.20 Å². The molecule has 1 saturated heterocycles.